The van der Waals surface area contributed by atoms with Gasteiger partial charge in [0, 0.05) is 5.56 Å². The van der Waals surface area contributed by atoms with Crippen LogP contribution in [0.1, 0.15) is 6.92 Å². The van der Waals surface area contributed by atoms with Crippen molar-refractivity contribution in [3.8, 4) is 17.1 Å². The van der Waals surface area contributed by atoms with E-state index in [-0.39, 0.29) is 12.6 Å². The predicted octanol–water partition coefficient (Wildman–Crippen LogP) is 3.83. The summed E-state index contributed by atoms with van der Waals surface area (Å²) < 4.78 is 10.2. The number of rotatable bonds is 5. The van der Waals surface area contributed by atoms with Crippen LogP contribution >= 0.6 is 11.6 Å². The molecule has 2 aromatic carbocycles. The number of benzene rings is 2. The zero-order valence-corrected chi connectivity index (χ0v) is 13.3. The predicted molar refractivity (Wildman–Crippen MR) is 88.7 cm³/mol. The lowest BCUT2D eigenvalue weighted by atomic mass is 10.2. The van der Waals surface area contributed by atoms with Gasteiger partial charge in [-0.25, -0.2) is 9.78 Å². The third-order valence-electron chi connectivity index (χ3n) is 3.25. The minimum absolute atomic E-state index is 0.104. The van der Waals surface area contributed by atoms with Crippen molar-refractivity contribution in [2.24, 2.45) is 0 Å². The molecule has 3 rings (SSSR count). The Labute approximate surface area is 138 Å². The zero-order valence-electron chi connectivity index (χ0n) is 12.5. The SMILES string of the molecule is CCOC(=O)COc1ccc(-c2nc3c(Cl)cccc3[nH]2)cc1. The molecule has 23 heavy (non-hydrogen) atoms. The summed E-state index contributed by atoms with van der Waals surface area (Å²) in [5.74, 6) is 0.935. The molecule has 0 aliphatic carbocycles. The van der Waals surface area contributed by atoms with Gasteiger partial charge in [0.15, 0.2) is 6.61 Å². The van der Waals surface area contributed by atoms with Gasteiger partial charge in [0.05, 0.1) is 17.1 Å². The normalized spacial score (nSPS) is 10.7. The van der Waals surface area contributed by atoms with E-state index in [4.69, 9.17) is 21.1 Å². The van der Waals surface area contributed by atoms with E-state index in [9.17, 15) is 4.79 Å². The number of hydrogen-bond donors (Lipinski definition) is 1. The number of imidazole rings is 1. The highest BCUT2D eigenvalue weighted by molar-refractivity contribution is 6.34. The van der Waals surface area contributed by atoms with Gasteiger partial charge in [0.2, 0.25) is 0 Å². The first-order valence-electron chi connectivity index (χ1n) is 7.20. The molecule has 0 aliphatic heterocycles. The second-order valence-electron chi connectivity index (χ2n) is 4.84. The van der Waals surface area contributed by atoms with E-state index in [0.29, 0.717) is 17.4 Å². The molecule has 0 aliphatic rings. The number of H-pyrrole nitrogens is 1. The first-order chi connectivity index (χ1) is 11.2. The smallest absolute Gasteiger partial charge is 0.344 e. The molecule has 118 valence electrons. The summed E-state index contributed by atoms with van der Waals surface area (Å²) in [7, 11) is 0. The molecule has 3 aromatic rings. The molecule has 1 N–H and O–H groups in total. The van der Waals surface area contributed by atoms with E-state index in [1.54, 1.807) is 25.1 Å². The number of carbonyl (C=O) groups is 1. The fraction of sp³-hybridized carbons (Fsp3) is 0.176. The van der Waals surface area contributed by atoms with Crippen LogP contribution in [0.15, 0.2) is 42.5 Å². The lowest BCUT2D eigenvalue weighted by Gasteiger charge is -2.06. The van der Waals surface area contributed by atoms with E-state index in [1.807, 2.05) is 24.3 Å². The van der Waals surface area contributed by atoms with Crippen LogP contribution in [0.3, 0.4) is 0 Å². The van der Waals surface area contributed by atoms with Crippen molar-refractivity contribution >= 4 is 28.6 Å². The van der Waals surface area contributed by atoms with Crippen molar-refractivity contribution in [3.63, 3.8) is 0 Å². The Bertz CT molecular complexity index is 827. The summed E-state index contributed by atoms with van der Waals surface area (Å²) in [5.41, 5.74) is 2.53. The molecule has 0 bridgehead atoms. The number of carbonyl (C=O) groups excluding carboxylic acids is 1. The summed E-state index contributed by atoms with van der Waals surface area (Å²) in [6.07, 6.45) is 0. The second kappa shape index (κ2) is 6.71. The van der Waals surface area contributed by atoms with Crippen LogP contribution in [0.4, 0.5) is 0 Å². The van der Waals surface area contributed by atoms with E-state index < -0.39 is 0 Å². The van der Waals surface area contributed by atoms with Crippen LogP contribution in [-0.2, 0) is 9.53 Å². The quantitative estimate of drug-likeness (QED) is 0.722. The van der Waals surface area contributed by atoms with Gasteiger partial charge >= 0.3 is 5.97 Å². The van der Waals surface area contributed by atoms with Crippen LogP contribution in [0.5, 0.6) is 5.75 Å². The highest BCUT2D eigenvalue weighted by Crippen LogP contribution is 2.26. The van der Waals surface area contributed by atoms with Crippen LogP contribution in [0, 0.1) is 0 Å². The molecule has 6 heteroatoms. The van der Waals surface area contributed by atoms with Crippen molar-refractivity contribution in [2.45, 2.75) is 6.92 Å². The van der Waals surface area contributed by atoms with Gasteiger partial charge in [-0.1, -0.05) is 17.7 Å². The monoisotopic (exact) mass is 330 g/mol. The molecule has 0 saturated carbocycles. The van der Waals surface area contributed by atoms with Crippen molar-refractivity contribution in [3.05, 3.63) is 47.5 Å². The van der Waals surface area contributed by atoms with Gasteiger partial charge in [0.25, 0.3) is 0 Å². The molecule has 0 fully saturated rings. The van der Waals surface area contributed by atoms with Gasteiger partial charge in [-0.15, -0.1) is 0 Å². The molecular formula is C17H15ClN2O3. The number of nitrogens with one attached hydrogen (secondary N) is 1. The number of nitrogens with zero attached hydrogens (tertiary/aromatic N) is 1. The lowest BCUT2D eigenvalue weighted by Crippen LogP contribution is -2.14. The molecule has 1 heterocycles. The Morgan fingerprint density at radius 2 is 2.00 bits per heavy atom. The van der Waals surface area contributed by atoms with Crippen LogP contribution in [0.25, 0.3) is 22.4 Å². The fourth-order valence-corrected chi connectivity index (χ4v) is 2.40. The van der Waals surface area contributed by atoms with E-state index >= 15 is 0 Å². The fourth-order valence-electron chi connectivity index (χ4n) is 2.19. The molecule has 0 spiro atoms. The number of aromatic amines is 1. The molecule has 0 radical (unpaired) electrons. The van der Waals surface area contributed by atoms with Crippen molar-refractivity contribution in [2.75, 3.05) is 13.2 Å². The summed E-state index contributed by atoms with van der Waals surface area (Å²) in [4.78, 5) is 19.0. The van der Waals surface area contributed by atoms with E-state index in [1.165, 1.54) is 0 Å². The summed E-state index contributed by atoms with van der Waals surface area (Å²) in [6, 6.07) is 12.9. The highest BCUT2D eigenvalue weighted by atomic mass is 35.5. The first kappa shape index (κ1) is 15.4. The molecule has 0 saturated heterocycles. The van der Waals surface area contributed by atoms with Gasteiger partial charge < -0.3 is 14.5 Å². The minimum Gasteiger partial charge on any atom is -0.482 e. The Kier molecular flexibility index (Phi) is 4.48. The van der Waals surface area contributed by atoms with Gasteiger partial charge in [-0.05, 0) is 43.3 Å². The standard InChI is InChI=1S/C17H15ClN2O3/c1-2-22-15(21)10-23-12-8-6-11(7-9-12)17-19-14-5-3-4-13(18)16(14)20-17/h3-9H,2,10H2,1H3,(H,19,20). The maximum atomic E-state index is 11.3. The van der Waals surface area contributed by atoms with E-state index in [0.717, 1.165) is 22.4 Å². The highest BCUT2D eigenvalue weighted by Gasteiger charge is 2.08. The van der Waals surface area contributed by atoms with Gasteiger partial charge in [0.1, 0.15) is 17.1 Å². The number of esters is 1. The Hall–Kier alpha value is -2.53. The third-order valence-corrected chi connectivity index (χ3v) is 3.56. The average Bonchev–Trinajstić information content (AvgIpc) is 2.99. The second-order valence-corrected chi connectivity index (χ2v) is 5.25. The Morgan fingerprint density at radius 1 is 1.22 bits per heavy atom. The Morgan fingerprint density at radius 3 is 2.70 bits per heavy atom. The number of para-hydroxylation sites is 1. The first-order valence-corrected chi connectivity index (χ1v) is 7.58. The topological polar surface area (TPSA) is 64.2 Å². The molecule has 0 unspecified atom stereocenters. The van der Waals surface area contributed by atoms with Gasteiger partial charge in [-0.3, -0.25) is 0 Å². The van der Waals surface area contributed by atoms with Crippen molar-refractivity contribution < 1.29 is 14.3 Å². The molecular weight excluding hydrogens is 316 g/mol. The number of ether oxygens (including phenoxy) is 2. The zero-order chi connectivity index (χ0) is 16.2. The number of aromatic nitrogens is 2. The lowest BCUT2D eigenvalue weighted by molar-refractivity contribution is -0.145. The van der Waals surface area contributed by atoms with E-state index in [2.05, 4.69) is 9.97 Å². The van der Waals surface area contributed by atoms with Crippen molar-refractivity contribution in [1.82, 2.24) is 9.97 Å². The number of halogens is 1. The number of fused-ring (bicyclic) bond motifs is 1. The molecule has 0 atom stereocenters. The number of hydrogen-bond acceptors (Lipinski definition) is 4. The molecule has 0 amide bonds. The van der Waals surface area contributed by atoms with Gasteiger partial charge in [-0.2, -0.15) is 0 Å². The van der Waals surface area contributed by atoms with Crippen LogP contribution in [0.2, 0.25) is 5.02 Å². The maximum absolute atomic E-state index is 11.3. The average molecular weight is 331 g/mol. The summed E-state index contributed by atoms with van der Waals surface area (Å²) in [6.45, 7) is 2.00. The molecule has 5 nitrogen and oxygen atoms in total. The summed E-state index contributed by atoms with van der Waals surface area (Å²) in [5, 5.41) is 0.611. The minimum atomic E-state index is -0.386. The largest absolute Gasteiger partial charge is 0.482 e. The van der Waals surface area contributed by atoms with Crippen LogP contribution in [-0.4, -0.2) is 29.2 Å². The molecule has 1 aromatic heterocycles. The Balaban J connectivity index is 1.75. The maximum Gasteiger partial charge on any atom is 0.344 e. The summed E-state index contributed by atoms with van der Waals surface area (Å²) >= 11 is 6.13. The van der Waals surface area contributed by atoms with Crippen LogP contribution < -0.4 is 4.74 Å². The third kappa shape index (κ3) is 3.46. The van der Waals surface area contributed by atoms with Crippen molar-refractivity contribution in [1.29, 1.82) is 0 Å².